The maximum atomic E-state index is 13.0. The van der Waals surface area contributed by atoms with Crippen LogP contribution in [0.1, 0.15) is 5.56 Å². The van der Waals surface area contributed by atoms with Gasteiger partial charge in [0.1, 0.15) is 5.82 Å². The number of likely N-dealkylation sites (N-methyl/N-ethyl adjacent to an activating group) is 1. The molecule has 0 radical (unpaired) electrons. The van der Waals surface area contributed by atoms with Gasteiger partial charge in [0.05, 0.1) is 13.2 Å². The number of benzene rings is 1. The number of ether oxygens (including phenoxy) is 1. The molecule has 0 saturated heterocycles. The second-order valence-electron chi connectivity index (χ2n) is 4.05. The van der Waals surface area contributed by atoms with E-state index < -0.39 is 0 Å². The Morgan fingerprint density at radius 1 is 1.47 bits per heavy atom. The summed E-state index contributed by atoms with van der Waals surface area (Å²) < 4.78 is 17.8. The fraction of sp³-hybridized carbons (Fsp3) is 0.462. The monoisotopic (exact) mass is 290 g/mol. The zero-order valence-electron chi connectivity index (χ0n) is 11.2. The third kappa shape index (κ3) is 7.10. The first kappa shape index (κ1) is 17.8. The smallest absolute Gasteiger partial charge is 0.236 e. The summed E-state index contributed by atoms with van der Waals surface area (Å²) in [6.45, 7) is 1.87. The molecule has 1 amide bonds. The number of carbonyl (C=O) groups excluding carboxylic acids is 1. The summed E-state index contributed by atoms with van der Waals surface area (Å²) in [5.41, 5.74) is 0.780. The lowest BCUT2D eigenvalue weighted by Crippen LogP contribution is -2.36. The minimum absolute atomic E-state index is 0. The van der Waals surface area contributed by atoms with Gasteiger partial charge in [0, 0.05) is 27.2 Å². The van der Waals surface area contributed by atoms with Gasteiger partial charge in [-0.25, -0.2) is 4.39 Å². The van der Waals surface area contributed by atoms with Gasteiger partial charge in [-0.3, -0.25) is 4.79 Å². The van der Waals surface area contributed by atoms with Crippen molar-refractivity contribution >= 4 is 18.3 Å². The highest BCUT2D eigenvalue weighted by Crippen LogP contribution is 2.06. The Kier molecular flexibility index (Phi) is 9.12. The number of methoxy groups -OCH3 is 1. The van der Waals surface area contributed by atoms with Crippen LogP contribution in [0.3, 0.4) is 0 Å². The van der Waals surface area contributed by atoms with E-state index in [1.807, 2.05) is 0 Å². The summed E-state index contributed by atoms with van der Waals surface area (Å²) >= 11 is 0. The third-order valence-corrected chi connectivity index (χ3v) is 2.49. The Bertz CT molecular complexity index is 391. The molecule has 108 valence electrons. The number of carbonyl (C=O) groups is 1. The number of rotatable bonds is 7. The van der Waals surface area contributed by atoms with Crippen molar-refractivity contribution in [3.8, 4) is 0 Å². The SMILES string of the molecule is COCCNCC(=O)N(C)Cc1cccc(F)c1.Cl. The zero-order valence-corrected chi connectivity index (χ0v) is 12.0. The molecule has 0 aliphatic rings. The lowest BCUT2D eigenvalue weighted by molar-refractivity contribution is -0.129. The summed E-state index contributed by atoms with van der Waals surface area (Å²) in [6, 6.07) is 6.25. The molecular formula is C13H20ClFN2O2. The van der Waals surface area contributed by atoms with Crippen LogP contribution in [-0.2, 0) is 16.1 Å². The first-order valence-corrected chi connectivity index (χ1v) is 5.81. The van der Waals surface area contributed by atoms with Crippen LogP contribution < -0.4 is 5.32 Å². The quantitative estimate of drug-likeness (QED) is 0.773. The molecule has 0 spiro atoms. The number of nitrogens with zero attached hydrogens (tertiary/aromatic N) is 1. The Morgan fingerprint density at radius 2 is 2.21 bits per heavy atom. The van der Waals surface area contributed by atoms with Crippen molar-refractivity contribution in [2.75, 3.05) is 33.9 Å². The van der Waals surface area contributed by atoms with Gasteiger partial charge in [0.15, 0.2) is 0 Å². The van der Waals surface area contributed by atoms with Gasteiger partial charge in [0.2, 0.25) is 5.91 Å². The second kappa shape index (κ2) is 9.72. The van der Waals surface area contributed by atoms with Crippen molar-refractivity contribution in [1.29, 1.82) is 0 Å². The van der Waals surface area contributed by atoms with Crippen LogP contribution in [0, 0.1) is 5.82 Å². The predicted molar refractivity (Wildman–Crippen MR) is 74.9 cm³/mol. The lowest BCUT2D eigenvalue weighted by Gasteiger charge is -2.17. The van der Waals surface area contributed by atoms with E-state index in [4.69, 9.17) is 4.74 Å². The number of amides is 1. The molecule has 0 aliphatic heterocycles. The average molecular weight is 291 g/mol. The van der Waals surface area contributed by atoms with Gasteiger partial charge in [-0.05, 0) is 17.7 Å². The maximum absolute atomic E-state index is 13.0. The molecule has 0 aromatic heterocycles. The van der Waals surface area contributed by atoms with Gasteiger partial charge < -0.3 is 15.0 Å². The molecule has 1 aromatic carbocycles. The summed E-state index contributed by atoms with van der Waals surface area (Å²) in [5.74, 6) is -0.318. The number of halogens is 2. The minimum Gasteiger partial charge on any atom is -0.383 e. The highest BCUT2D eigenvalue weighted by molar-refractivity contribution is 5.85. The van der Waals surface area contributed by atoms with Crippen molar-refractivity contribution in [3.63, 3.8) is 0 Å². The summed E-state index contributed by atoms with van der Waals surface area (Å²) in [5, 5.41) is 2.97. The Balaban J connectivity index is 0.00000324. The highest BCUT2D eigenvalue weighted by atomic mass is 35.5. The van der Waals surface area contributed by atoms with E-state index in [0.717, 1.165) is 5.56 Å². The molecule has 1 aromatic rings. The number of hydrogen-bond acceptors (Lipinski definition) is 3. The number of hydrogen-bond donors (Lipinski definition) is 1. The largest absolute Gasteiger partial charge is 0.383 e. The molecule has 0 fully saturated rings. The van der Waals surface area contributed by atoms with Crippen LogP contribution >= 0.6 is 12.4 Å². The van der Waals surface area contributed by atoms with Crippen molar-refractivity contribution in [2.24, 2.45) is 0 Å². The summed E-state index contributed by atoms with van der Waals surface area (Å²) in [4.78, 5) is 13.3. The average Bonchev–Trinajstić information content (AvgIpc) is 2.34. The first-order valence-electron chi connectivity index (χ1n) is 5.81. The van der Waals surface area contributed by atoms with E-state index in [2.05, 4.69) is 5.32 Å². The molecule has 1 rings (SSSR count). The van der Waals surface area contributed by atoms with Gasteiger partial charge >= 0.3 is 0 Å². The van der Waals surface area contributed by atoms with Crippen molar-refractivity contribution in [2.45, 2.75) is 6.54 Å². The Morgan fingerprint density at radius 3 is 2.84 bits per heavy atom. The first-order chi connectivity index (χ1) is 8.63. The standard InChI is InChI=1S/C13H19FN2O2.ClH/c1-16(13(17)9-15-6-7-18-2)10-11-4-3-5-12(14)8-11;/h3-5,8,15H,6-7,9-10H2,1-2H3;1H. The Labute approximate surface area is 119 Å². The third-order valence-electron chi connectivity index (χ3n) is 2.49. The Hall–Kier alpha value is -1.17. The van der Waals surface area contributed by atoms with Crippen molar-refractivity contribution < 1.29 is 13.9 Å². The van der Waals surface area contributed by atoms with Crippen LogP contribution in [0.15, 0.2) is 24.3 Å². The fourth-order valence-electron chi connectivity index (χ4n) is 1.50. The van der Waals surface area contributed by atoms with E-state index in [0.29, 0.717) is 19.7 Å². The summed E-state index contributed by atoms with van der Waals surface area (Å²) in [6.07, 6.45) is 0. The van der Waals surface area contributed by atoms with E-state index in [1.165, 1.54) is 12.1 Å². The second-order valence-corrected chi connectivity index (χ2v) is 4.05. The van der Waals surface area contributed by atoms with Crippen LogP contribution in [0.25, 0.3) is 0 Å². The van der Waals surface area contributed by atoms with Gasteiger partial charge in [-0.15, -0.1) is 12.4 Å². The highest BCUT2D eigenvalue weighted by Gasteiger charge is 2.08. The van der Waals surface area contributed by atoms with E-state index in [-0.39, 0.29) is 30.7 Å². The summed E-state index contributed by atoms with van der Waals surface area (Å²) in [7, 11) is 3.31. The van der Waals surface area contributed by atoms with E-state index in [1.54, 1.807) is 31.2 Å². The molecule has 0 saturated carbocycles. The van der Waals surface area contributed by atoms with Gasteiger partial charge in [-0.2, -0.15) is 0 Å². The minimum atomic E-state index is -0.286. The van der Waals surface area contributed by atoms with Crippen LogP contribution in [-0.4, -0.2) is 44.7 Å². The molecule has 6 heteroatoms. The molecule has 4 nitrogen and oxygen atoms in total. The zero-order chi connectivity index (χ0) is 13.4. The van der Waals surface area contributed by atoms with E-state index >= 15 is 0 Å². The topological polar surface area (TPSA) is 41.6 Å². The normalized spacial score (nSPS) is 9.84. The van der Waals surface area contributed by atoms with Crippen LogP contribution in [0.5, 0.6) is 0 Å². The van der Waals surface area contributed by atoms with Crippen LogP contribution in [0.2, 0.25) is 0 Å². The van der Waals surface area contributed by atoms with Gasteiger partial charge in [-0.1, -0.05) is 12.1 Å². The molecule has 0 bridgehead atoms. The number of nitrogens with one attached hydrogen (secondary N) is 1. The van der Waals surface area contributed by atoms with Gasteiger partial charge in [0.25, 0.3) is 0 Å². The molecule has 0 heterocycles. The maximum Gasteiger partial charge on any atom is 0.236 e. The lowest BCUT2D eigenvalue weighted by atomic mass is 10.2. The predicted octanol–water partition coefficient (Wildman–Crippen LogP) is 1.44. The molecular weight excluding hydrogens is 271 g/mol. The molecule has 1 N–H and O–H groups in total. The molecule has 19 heavy (non-hydrogen) atoms. The molecule has 0 unspecified atom stereocenters. The fourth-order valence-corrected chi connectivity index (χ4v) is 1.50. The molecule has 0 aliphatic carbocycles. The van der Waals surface area contributed by atoms with Crippen molar-refractivity contribution in [1.82, 2.24) is 10.2 Å². The van der Waals surface area contributed by atoms with E-state index in [9.17, 15) is 9.18 Å². The van der Waals surface area contributed by atoms with Crippen LogP contribution in [0.4, 0.5) is 4.39 Å². The van der Waals surface area contributed by atoms with Crippen molar-refractivity contribution in [3.05, 3.63) is 35.6 Å². The molecule has 0 atom stereocenters.